The number of thiazole rings is 1. The van der Waals surface area contributed by atoms with Gasteiger partial charge in [-0.3, -0.25) is 0 Å². The molecule has 1 rings (SSSR count). The van der Waals surface area contributed by atoms with Gasteiger partial charge >= 0.3 is 5.97 Å². The maximum atomic E-state index is 10.4. The number of aryl methyl sites for hydroxylation is 1. The van der Waals surface area contributed by atoms with Crippen molar-refractivity contribution in [1.82, 2.24) is 4.98 Å². The molecule has 88 valence electrons. The molecule has 0 unspecified atom stereocenters. The molecule has 1 aromatic rings. The second-order valence-electron chi connectivity index (χ2n) is 3.19. The van der Waals surface area contributed by atoms with Crippen molar-refractivity contribution in [2.45, 2.75) is 19.8 Å². The Kier molecular flexibility index (Phi) is 5.14. The molecule has 0 radical (unpaired) electrons. The number of carboxylic acids is 1. The maximum Gasteiger partial charge on any atom is 0.328 e. The van der Waals surface area contributed by atoms with Crippen LogP contribution in [0.25, 0.3) is 6.08 Å². The summed E-state index contributed by atoms with van der Waals surface area (Å²) in [6, 6.07) is 0. The van der Waals surface area contributed by atoms with Crippen LogP contribution >= 0.6 is 11.3 Å². The van der Waals surface area contributed by atoms with Crippen LogP contribution in [0.4, 0.5) is 0 Å². The van der Waals surface area contributed by atoms with E-state index in [0.29, 0.717) is 6.61 Å². The van der Waals surface area contributed by atoms with Crippen molar-refractivity contribution < 1.29 is 14.6 Å². The molecule has 0 bridgehead atoms. The van der Waals surface area contributed by atoms with Crippen molar-refractivity contribution in [1.29, 1.82) is 0 Å². The molecule has 0 amide bonds. The van der Waals surface area contributed by atoms with E-state index in [0.717, 1.165) is 34.5 Å². The summed E-state index contributed by atoms with van der Waals surface area (Å²) >= 11 is 1.52. The lowest BCUT2D eigenvalue weighted by molar-refractivity contribution is -0.131. The van der Waals surface area contributed by atoms with E-state index in [9.17, 15) is 4.79 Å². The van der Waals surface area contributed by atoms with E-state index in [1.165, 1.54) is 11.3 Å². The summed E-state index contributed by atoms with van der Waals surface area (Å²) in [5, 5.41) is 9.55. The van der Waals surface area contributed by atoms with Crippen molar-refractivity contribution in [2.24, 2.45) is 0 Å². The minimum Gasteiger partial charge on any atom is -0.478 e. The van der Waals surface area contributed by atoms with E-state index in [1.54, 1.807) is 13.2 Å². The summed E-state index contributed by atoms with van der Waals surface area (Å²) in [5.74, 6) is -0.936. The molecular weight excluding hydrogens is 226 g/mol. The Labute approximate surface area is 98.6 Å². The number of nitrogens with zero attached hydrogens (tertiary/aromatic N) is 1. The van der Waals surface area contributed by atoms with Crippen LogP contribution in [0.1, 0.15) is 22.5 Å². The number of aliphatic carboxylic acids is 1. The van der Waals surface area contributed by atoms with Crippen LogP contribution in [-0.4, -0.2) is 29.8 Å². The molecule has 0 fully saturated rings. The molecule has 0 aliphatic carbocycles. The first-order chi connectivity index (χ1) is 7.67. The number of aromatic nitrogens is 1. The Bertz CT molecular complexity index is 385. The first-order valence-corrected chi connectivity index (χ1v) is 5.87. The second kappa shape index (κ2) is 6.40. The molecule has 0 aliphatic rings. The van der Waals surface area contributed by atoms with Gasteiger partial charge in [-0.2, -0.15) is 0 Å². The zero-order chi connectivity index (χ0) is 12.0. The largest absolute Gasteiger partial charge is 0.478 e. The highest BCUT2D eigenvalue weighted by molar-refractivity contribution is 7.12. The van der Waals surface area contributed by atoms with Gasteiger partial charge in [0.2, 0.25) is 0 Å². The SMILES string of the molecule is CCc1nc(CCOC)sc1/C=C/C(=O)O. The monoisotopic (exact) mass is 241 g/mol. The van der Waals surface area contributed by atoms with E-state index in [1.807, 2.05) is 6.92 Å². The molecule has 1 aromatic heterocycles. The van der Waals surface area contributed by atoms with Crippen molar-refractivity contribution in [3.63, 3.8) is 0 Å². The Morgan fingerprint density at radius 2 is 2.38 bits per heavy atom. The van der Waals surface area contributed by atoms with Gasteiger partial charge in [-0.15, -0.1) is 11.3 Å². The van der Waals surface area contributed by atoms with Crippen LogP contribution in [0, 0.1) is 0 Å². The summed E-state index contributed by atoms with van der Waals surface area (Å²) in [7, 11) is 1.65. The number of carboxylic acid groups (broad SMARTS) is 1. The predicted molar refractivity (Wildman–Crippen MR) is 63.7 cm³/mol. The van der Waals surface area contributed by atoms with E-state index < -0.39 is 5.97 Å². The molecular formula is C11H15NO3S. The van der Waals surface area contributed by atoms with Gasteiger partial charge in [-0.25, -0.2) is 9.78 Å². The van der Waals surface area contributed by atoms with Gasteiger partial charge in [0.15, 0.2) is 0 Å². The van der Waals surface area contributed by atoms with Gasteiger partial charge in [0.05, 0.1) is 22.2 Å². The minimum atomic E-state index is -0.936. The molecule has 0 spiro atoms. The van der Waals surface area contributed by atoms with E-state index in [4.69, 9.17) is 9.84 Å². The molecule has 4 nitrogen and oxygen atoms in total. The molecule has 0 aromatic carbocycles. The summed E-state index contributed by atoms with van der Waals surface area (Å²) in [6.45, 7) is 2.64. The molecule has 0 atom stereocenters. The third-order valence-electron chi connectivity index (χ3n) is 2.00. The molecule has 1 N–H and O–H groups in total. The highest BCUT2D eigenvalue weighted by Crippen LogP contribution is 2.21. The van der Waals surface area contributed by atoms with Crippen molar-refractivity contribution in [2.75, 3.05) is 13.7 Å². The number of carbonyl (C=O) groups is 1. The predicted octanol–water partition coefficient (Wildman–Crippen LogP) is 1.99. The average molecular weight is 241 g/mol. The lowest BCUT2D eigenvalue weighted by atomic mass is 10.3. The van der Waals surface area contributed by atoms with Gasteiger partial charge in [-0.1, -0.05) is 6.92 Å². The van der Waals surface area contributed by atoms with Gasteiger partial charge in [0.1, 0.15) is 0 Å². The smallest absolute Gasteiger partial charge is 0.328 e. The van der Waals surface area contributed by atoms with Gasteiger partial charge in [0, 0.05) is 19.6 Å². The summed E-state index contributed by atoms with van der Waals surface area (Å²) < 4.78 is 4.98. The molecule has 16 heavy (non-hydrogen) atoms. The minimum absolute atomic E-state index is 0.638. The van der Waals surface area contributed by atoms with Crippen molar-refractivity contribution in [3.05, 3.63) is 21.7 Å². The molecule has 0 saturated heterocycles. The number of methoxy groups -OCH3 is 1. The standard InChI is InChI=1S/C11H15NO3S/c1-3-8-9(4-5-11(13)14)16-10(12-8)6-7-15-2/h4-5H,3,6-7H2,1-2H3,(H,13,14)/b5-4+. The zero-order valence-corrected chi connectivity index (χ0v) is 10.2. The lowest BCUT2D eigenvalue weighted by Crippen LogP contribution is -1.93. The van der Waals surface area contributed by atoms with Crippen LogP contribution in [0.3, 0.4) is 0 Å². The second-order valence-corrected chi connectivity index (χ2v) is 4.30. The summed E-state index contributed by atoms with van der Waals surface area (Å²) in [5.41, 5.74) is 0.952. The lowest BCUT2D eigenvalue weighted by Gasteiger charge is -1.92. The third-order valence-corrected chi connectivity index (χ3v) is 3.13. The third kappa shape index (κ3) is 3.75. The Balaban J connectivity index is 2.81. The highest BCUT2D eigenvalue weighted by atomic mass is 32.1. The van der Waals surface area contributed by atoms with Gasteiger partial charge in [0.25, 0.3) is 0 Å². The maximum absolute atomic E-state index is 10.4. The first kappa shape index (κ1) is 12.9. The Morgan fingerprint density at radius 3 is 2.94 bits per heavy atom. The normalized spacial score (nSPS) is 11.1. The average Bonchev–Trinajstić information content (AvgIpc) is 2.66. The number of hydrogen-bond acceptors (Lipinski definition) is 4. The van der Waals surface area contributed by atoms with E-state index in [2.05, 4.69) is 4.98 Å². The zero-order valence-electron chi connectivity index (χ0n) is 9.40. The van der Waals surface area contributed by atoms with Crippen molar-refractivity contribution in [3.8, 4) is 0 Å². The highest BCUT2D eigenvalue weighted by Gasteiger charge is 2.07. The Hall–Kier alpha value is -1.20. The van der Waals surface area contributed by atoms with Crippen LogP contribution in [0.2, 0.25) is 0 Å². The van der Waals surface area contributed by atoms with Crippen LogP contribution in [-0.2, 0) is 22.4 Å². The van der Waals surface area contributed by atoms with Gasteiger partial charge < -0.3 is 9.84 Å². The molecule has 5 heteroatoms. The fourth-order valence-electron chi connectivity index (χ4n) is 1.24. The van der Waals surface area contributed by atoms with E-state index in [-0.39, 0.29) is 0 Å². The van der Waals surface area contributed by atoms with E-state index >= 15 is 0 Å². The van der Waals surface area contributed by atoms with Crippen LogP contribution in [0.5, 0.6) is 0 Å². The number of rotatable bonds is 6. The number of ether oxygens (including phenoxy) is 1. The fourth-order valence-corrected chi connectivity index (χ4v) is 2.28. The fraction of sp³-hybridized carbons (Fsp3) is 0.455. The van der Waals surface area contributed by atoms with Gasteiger partial charge in [-0.05, 0) is 12.5 Å². The number of hydrogen-bond donors (Lipinski definition) is 1. The Morgan fingerprint density at radius 1 is 1.62 bits per heavy atom. The molecule has 0 aliphatic heterocycles. The van der Waals surface area contributed by atoms with Crippen LogP contribution < -0.4 is 0 Å². The quantitative estimate of drug-likeness (QED) is 0.774. The first-order valence-electron chi connectivity index (χ1n) is 5.06. The molecule has 0 saturated carbocycles. The topological polar surface area (TPSA) is 59.4 Å². The summed E-state index contributed by atoms with van der Waals surface area (Å²) in [4.78, 5) is 15.8. The molecule has 1 heterocycles. The van der Waals surface area contributed by atoms with Crippen LogP contribution in [0.15, 0.2) is 6.08 Å². The van der Waals surface area contributed by atoms with Crippen molar-refractivity contribution >= 4 is 23.4 Å². The summed E-state index contributed by atoms with van der Waals surface area (Å²) in [6.07, 6.45) is 4.33.